The molecule has 0 spiro atoms. The number of rotatable bonds is 3. The van der Waals surface area contributed by atoms with Crippen LogP contribution in [0.3, 0.4) is 0 Å². The molecule has 0 aliphatic heterocycles. The lowest BCUT2D eigenvalue weighted by molar-refractivity contribution is -0.110. The maximum Gasteiger partial charge on any atom is 0.118 e. The van der Waals surface area contributed by atoms with E-state index in [9.17, 15) is 4.79 Å². The molecule has 1 unspecified atom stereocenters. The lowest BCUT2D eigenvalue weighted by Gasteiger charge is -2.27. The minimum atomic E-state index is -0.280. The fourth-order valence-electron chi connectivity index (χ4n) is 1.22. The summed E-state index contributed by atoms with van der Waals surface area (Å²) >= 11 is 0. The zero-order chi connectivity index (χ0) is 8.41. The molecule has 3 heteroatoms. The zero-order valence-electron chi connectivity index (χ0n) is 7.27. The monoisotopic (exact) mass is 141 g/mol. The summed E-state index contributed by atoms with van der Waals surface area (Å²) in [5.74, 6) is 0. The normalized spacial score (nSPS) is 18.0. The van der Waals surface area contributed by atoms with Crippen molar-refractivity contribution in [3.8, 4) is 0 Å². The van der Waals surface area contributed by atoms with E-state index in [1.165, 1.54) is 0 Å². The Balaban J connectivity index is 4.01. The van der Waals surface area contributed by atoms with Crippen molar-refractivity contribution in [1.29, 1.82) is 0 Å². The molecule has 0 aliphatic rings. The average molecular weight is 141 g/mol. The van der Waals surface area contributed by atoms with Crippen LogP contribution in [0, 0.1) is 0 Å². The Kier molecular flexibility index (Phi) is 2.66. The van der Waals surface area contributed by atoms with Gasteiger partial charge in [0.2, 0.25) is 0 Å². The fraction of sp³-hybridized carbons (Fsp3) is 0.857. The van der Waals surface area contributed by atoms with Crippen LogP contribution in [0.15, 0.2) is 0 Å². The van der Waals surface area contributed by atoms with Gasteiger partial charge in [-0.25, -0.2) is 0 Å². The van der Waals surface area contributed by atoms with Crippen molar-refractivity contribution in [3.63, 3.8) is 0 Å². The van der Waals surface area contributed by atoms with Crippen LogP contribution in [-0.2, 0) is 4.79 Å². The Morgan fingerprint density at radius 3 is 2.00 bits per heavy atom. The largest absolute Gasteiger partial charge is 0.326 e. The lowest BCUT2D eigenvalue weighted by atomic mass is 9.65. The molecule has 0 rings (SSSR count). The molecule has 0 bridgehead atoms. The molecule has 10 heavy (non-hydrogen) atoms. The highest BCUT2D eigenvalue weighted by Gasteiger charge is 2.24. The Bertz CT molecular complexity index is 126. The molecule has 0 saturated heterocycles. The van der Waals surface area contributed by atoms with E-state index in [2.05, 4.69) is 0 Å². The summed E-state index contributed by atoms with van der Waals surface area (Å²) in [5.41, 5.74) is 5.49. The van der Waals surface area contributed by atoms with E-state index in [1.807, 2.05) is 28.6 Å². The molecule has 0 aromatic carbocycles. The summed E-state index contributed by atoms with van der Waals surface area (Å²) in [6.45, 7) is 5.76. The molecule has 1 atom stereocenters. The molecule has 2 N–H and O–H groups in total. The van der Waals surface area contributed by atoms with Gasteiger partial charge in [0.15, 0.2) is 0 Å². The smallest absolute Gasteiger partial charge is 0.118 e. The van der Waals surface area contributed by atoms with Crippen molar-refractivity contribution in [2.24, 2.45) is 5.73 Å². The van der Waals surface area contributed by atoms with Crippen molar-refractivity contribution in [3.05, 3.63) is 0 Å². The molecular formula is C7H16BNO. The lowest BCUT2D eigenvalue weighted by Crippen LogP contribution is -2.36. The first-order chi connectivity index (χ1) is 4.27. The molecule has 2 nitrogen and oxygen atoms in total. The standard InChI is InChI=1S/C7H16BNO/c1-6(2,9)4-7(3,8)5-10/h5H,4,8-9H2,1-3H3. The van der Waals surface area contributed by atoms with Crippen LogP contribution in [0.5, 0.6) is 0 Å². The molecule has 0 fully saturated rings. The van der Waals surface area contributed by atoms with Gasteiger partial charge in [-0.3, -0.25) is 0 Å². The number of hydrogen-bond donors (Lipinski definition) is 1. The van der Waals surface area contributed by atoms with Crippen LogP contribution in [0.25, 0.3) is 0 Å². The van der Waals surface area contributed by atoms with E-state index in [0.29, 0.717) is 0 Å². The molecule has 0 aromatic heterocycles. The Morgan fingerprint density at radius 1 is 1.50 bits per heavy atom. The first kappa shape index (κ1) is 9.69. The minimum absolute atomic E-state index is 0.246. The zero-order valence-corrected chi connectivity index (χ0v) is 7.27. The van der Waals surface area contributed by atoms with Gasteiger partial charge in [0.25, 0.3) is 0 Å². The second kappa shape index (κ2) is 2.75. The van der Waals surface area contributed by atoms with E-state index in [-0.39, 0.29) is 10.9 Å². The Morgan fingerprint density at radius 2 is 1.90 bits per heavy atom. The van der Waals surface area contributed by atoms with Gasteiger partial charge in [0.1, 0.15) is 14.1 Å². The fourth-order valence-corrected chi connectivity index (χ4v) is 1.22. The van der Waals surface area contributed by atoms with Gasteiger partial charge in [-0.05, 0) is 25.6 Å². The van der Waals surface area contributed by atoms with Crippen LogP contribution in [0.4, 0.5) is 0 Å². The maximum absolute atomic E-state index is 10.4. The highest BCUT2D eigenvalue weighted by atomic mass is 16.1. The minimum Gasteiger partial charge on any atom is -0.326 e. The number of carbonyl (C=O) groups excluding carboxylic acids is 1. The highest BCUT2D eigenvalue weighted by Crippen LogP contribution is 2.27. The molecule has 58 valence electrons. The summed E-state index contributed by atoms with van der Waals surface area (Å²) in [7, 11) is 1.90. The second-order valence-electron chi connectivity index (χ2n) is 4.27. The summed E-state index contributed by atoms with van der Waals surface area (Å²) in [6.07, 6.45) is 1.69. The van der Waals surface area contributed by atoms with E-state index in [4.69, 9.17) is 5.73 Å². The highest BCUT2D eigenvalue weighted by molar-refractivity contribution is 6.23. The first-order valence-electron chi connectivity index (χ1n) is 3.52. The Labute approximate surface area is 63.6 Å². The Hall–Kier alpha value is -0.305. The second-order valence-corrected chi connectivity index (χ2v) is 4.27. The molecule has 0 aromatic rings. The van der Waals surface area contributed by atoms with Gasteiger partial charge >= 0.3 is 0 Å². The number of aldehydes is 1. The third kappa shape index (κ3) is 4.56. The van der Waals surface area contributed by atoms with E-state index < -0.39 is 0 Å². The van der Waals surface area contributed by atoms with Crippen LogP contribution in [0.2, 0.25) is 5.31 Å². The van der Waals surface area contributed by atoms with E-state index in [0.717, 1.165) is 12.7 Å². The van der Waals surface area contributed by atoms with Gasteiger partial charge in [0.05, 0.1) is 0 Å². The molecular weight excluding hydrogens is 125 g/mol. The third-order valence-electron chi connectivity index (χ3n) is 1.23. The topological polar surface area (TPSA) is 43.1 Å². The van der Waals surface area contributed by atoms with Crippen molar-refractivity contribution in [2.75, 3.05) is 0 Å². The molecule has 0 radical (unpaired) electrons. The van der Waals surface area contributed by atoms with Gasteiger partial charge in [-0.2, -0.15) is 0 Å². The van der Waals surface area contributed by atoms with Gasteiger partial charge in [-0.15, -0.1) is 0 Å². The van der Waals surface area contributed by atoms with Crippen molar-refractivity contribution in [2.45, 2.75) is 38.0 Å². The maximum atomic E-state index is 10.4. The quantitative estimate of drug-likeness (QED) is 0.448. The van der Waals surface area contributed by atoms with Gasteiger partial charge in [0, 0.05) is 5.54 Å². The van der Waals surface area contributed by atoms with Crippen molar-refractivity contribution < 1.29 is 4.79 Å². The summed E-state index contributed by atoms with van der Waals surface area (Å²) in [6, 6.07) is 0. The van der Waals surface area contributed by atoms with E-state index >= 15 is 0 Å². The van der Waals surface area contributed by atoms with Crippen molar-refractivity contribution >= 4 is 14.1 Å². The SMILES string of the molecule is BC(C)(C=O)CC(C)(C)N. The summed E-state index contributed by atoms with van der Waals surface area (Å²) in [5, 5.41) is -0.280. The number of carbonyl (C=O) groups is 1. The predicted octanol–water partition coefficient (Wildman–Crippen LogP) is 0.124. The van der Waals surface area contributed by atoms with Crippen LogP contribution < -0.4 is 5.73 Å². The molecule has 0 saturated carbocycles. The van der Waals surface area contributed by atoms with Crippen LogP contribution in [-0.4, -0.2) is 19.7 Å². The van der Waals surface area contributed by atoms with Crippen LogP contribution >= 0.6 is 0 Å². The average Bonchev–Trinajstić information content (AvgIpc) is 1.60. The molecule has 0 heterocycles. The third-order valence-corrected chi connectivity index (χ3v) is 1.23. The number of nitrogens with two attached hydrogens (primary N) is 1. The summed E-state index contributed by atoms with van der Waals surface area (Å²) in [4.78, 5) is 10.4. The van der Waals surface area contributed by atoms with Crippen LogP contribution in [0.1, 0.15) is 27.2 Å². The van der Waals surface area contributed by atoms with Gasteiger partial charge in [-0.1, -0.05) is 6.92 Å². The molecule has 0 aliphatic carbocycles. The molecule has 0 amide bonds. The van der Waals surface area contributed by atoms with Gasteiger partial charge < -0.3 is 10.5 Å². The first-order valence-corrected chi connectivity index (χ1v) is 3.52. The predicted molar refractivity (Wildman–Crippen MR) is 45.9 cm³/mol. The summed E-state index contributed by atoms with van der Waals surface area (Å²) < 4.78 is 0. The van der Waals surface area contributed by atoms with E-state index in [1.54, 1.807) is 0 Å². The van der Waals surface area contributed by atoms with Crippen molar-refractivity contribution in [1.82, 2.24) is 0 Å². The number of hydrogen-bond acceptors (Lipinski definition) is 2.